The summed E-state index contributed by atoms with van der Waals surface area (Å²) in [5.74, 6) is -1.32. The van der Waals surface area contributed by atoms with Crippen molar-refractivity contribution in [2.75, 3.05) is 27.1 Å². The van der Waals surface area contributed by atoms with Gasteiger partial charge in [-0.1, -0.05) is 24.3 Å². The molecule has 2 N–H and O–H groups in total. The van der Waals surface area contributed by atoms with E-state index in [2.05, 4.69) is 10.0 Å². The molecule has 3 rings (SSSR count). The van der Waals surface area contributed by atoms with E-state index in [9.17, 15) is 26.0 Å². The van der Waals surface area contributed by atoms with Crippen LogP contribution in [0.4, 0.5) is 21.5 Å². The Morgan fingerprint density at radius 2 is 1.53 bits per heavy atom. The molecule has 3 aromatic carbocycles. The average molecular weight is 478 g/mol. The van der Waals surface area contributed by atoms with Gasteiger partial charge in [0.05, 0.1) is 16.8 Å². The standard InChI is InChI=1S/C21H20FN3O5S2/c1-31(27,28)25(19-9-5-6-16(22)14-19)15-21(26)23-17-10-12-20(13-11-17)32(29,30)24-18-7-3-2-4-8-18/h2-14,24H,15H2,1H3,(H,23,26). The fraction of sp³-hybridized carbons (Fsp3) is 0.0952. The summed E-state index contributed by atoms with van der Waals surface area (Å²) in [4.78, 5) is 12.4. The van der Waals surface area contributed by atoms with E-state index in [1.807, 2.05) is 0 Å². The molecule has 1 amide bonds. The third-order valence-corrected chi connectivity index (χ3v) is 6.80. The molecular formula is C21H20FN3O5S2. The molecule has 168 valence electrons. The number of carbonyl (C=O) groups is 1. The number of rotatable bonds is 8. The lowest BCUT2D eigenvalue weighted by Gasteiger charge is -2.22. The third kappa shape index (κ3) is 6.05. The molecular weight excluding hydrogens is 457 g/mol. The van der Waals surface area contributed by atoms with E-state index in [0.29, 0.717) is 5.69 Å². The lowest BCUT2D eigenvalue weighted by Crippen LogP contribution is -2.37. The molecule has 0 heterocycles. The van der Waals surface area contributed by atoms with Gasteiger partial charge in [0.2, 0.25) is 15.9 Å². The zero-order chi connectivity index (χ0) is 23.4. The monoisotopic (exact) mass is 477 g/mol. The summed E-state index contributed by atoms with van der Waals surface area (Å²) in [6.45, 7) is -0.585. The number of nitrogens with one attached hydrogen (secondary N) is 2. The highest BCUT2D eigenvalue weighted by Gasteiger charge is 2.21. The first kappa shape index (κ1) is 23.2. The molecule has 0 spiro atoms. The highest BCUT2D eigenvalue weighted by atomic mass is 32.2. The second-order valence-electron chi connectivity index (χ2n) is 6.79. The minimum Gasteiger partial charge on any atom is -0.325 e. The molecule has 0 unspecified atom stereocenters. The van der Waals surface area contributed by atoms with Crippen LogP contribution >= 0.6 is 0 Å². The lowest BCUT2D eigenvalue weighted by molar-refractivity contribution is -0.114. The van der Waals surface area contributed by atoms with Gasteiger partial charge in [0.25, 0.3) is 10.0 Å². The fourth-order valence-corrected chi connectivity index (χ4v) is 4.71. The van der Waals surface area contributed by atoms with Gasteiger partial charge in [-0.05, 0) is 54.6 Å². The van der Waals surface area contributed by atoms with Crippen molar-refractivity contribution >= 4 is 43.0 Å². The quantitative estimate of drug-likeness (QED) is 0.518. The summed E-state index contributed by atoms with van der Waals surface area (Å²) in [5.41, 5.74) is 0.681. The molecule has 0 atom stereocenters. The minimum absolute atomic E-state index is 0.0103. The van der Waals surface area contributed by atoms with E-state index in [1.165, 1.54) is 36.4 Å². The summed E-state index contributed by atoms with van der Waals surface area (Å²) in [6.07, 6.45) is 0.907. The fourth-order valence-electron chi connectivity index (χ4n) is 2.80. The number of carbonyl (C=O) groups excluding carboxylic acids is 1. The van der Waals surface area contributed by atoms with Crippen molar-refractivity contribution in [1.82, 2.24) is 0 Å². The SMILES string of the molecule is CS(=O)(=O)N(CC(=O)Nc1ccc(S(=O)(=O)Nc2ccccc2)cc1)c1cccc(F)c1. The van der Waals surface area contributed by atoms with Gasteiger partial charge in [0.1, 0.15) is 12.4 Å². The Hall–Kier alpha value is -3.44. The Kier molecular flexibility index (Phi) is 6.80. The molecule has 8 nitrogen and oxygen atoms in total. The topological polar surface area (TPSA) is 113 Å². The van der Waals surface area contributed by atoms with Crippen LogP contribution in [-0.4, -0.2) is 35.5 Å². The highest BCUT2D eigenvalue weighted by Crippen LogP contribution is 2.20. The second kappa shape index (κ2) is 9.37. The molecule has 0 saturated carbocycles. The van der Waals surface area contributed by atoms with Crippen LogP contribution in [-0.2, 0) is 24.8 Å². The number of hydrogen-bond donors (Lipinski definition) is 2. The van der Waals surface area contributed by atoms with Crippen molar-refractivity contribution in [2.45, 2.75) is 4.90 Å². The smallest absolute Gasteiger partial charge is 0.261 e. The van der Waals surface area contributed by atoms with Gasteiger partial charge in [0, 0.05) is 11.4 Å². The molecule has 0 aliphatic rings. The van der Waals surface area contributed by atoms with E-state index in [0.717, 1.165) is 22.7 Å². The van der Waals surface area contributed by atoms with E-state index >= 15 is 0 Å². The molecule has 0 saturated heterocycles. The number of halogens is 1. The molecule has 0 aliphatic carbocycles. The molecule has 0 radical (unpaired) electrons. The highest BCUT2D eigenvalue weighted by molar-refractivity contribution is 7.92. The van der Waals surface area contributed by atoms with Crippen molar-refractivity contribution in [3.63, 3.8) is 0 Å². The van der Waals surface area contributed by atoms with Crippen molar-refractivity contribution in [3.8, 4) is 0 Å². The van der Waals surface area contributed by atoms with Crippen molar-refractivity contribution in [3.05, 3.63) is 84.7 Å². The van der Waals surface area contributed by atoms with Crippen molar-refractivity contribution in [1.29, 1.82) is 0 Å². The Bertz CT molecular complexity index is 1310. The van der Waals surface area contributed by atoms with Gasteiger partial charge < -0.3 is 5.32 Å². The Morgan fingerprint density at radius 1 is 0.875 bits per heavy atom. The van der Waals surface area contributed by atoms with E-state index < -0.39 is 38.3 Å². The first-order chi connectivity index (χ1) is 15.0. The lowest BCUT2D eigenvalue weighted by atomic mass is 10.3. The Balaban J connectivity index is 1.71. The normalized spacial score (nSPS) is 11.6. The second-order valence-corrected chi connectivity index (χ2v) is 10.4. The Morgan fingerprint density at radius 3 is 2.12 bits per heavy atom. The van der Waals surface area contributed by atoms with Crippen LogP contribution in [0.3, 0.4) is 0 Å². The summed E-state index contributed by atoms with van der Waals surface area (Å²) >= 11 is 0. The number of amides is 1. The minimum atomic E-state index is -3.86. The number of benzene rings is 3. The van der Waals surface area contributed by atoms with Gasteiger partial charge in [-0.15, -0.1) is 0 Å². The molecule has 0 aliphatic heterocycles. The van der Waals surface area contributed by atoms with Crippen LogP contribution < -0.4 is 14.3 Å². The number of sulfonamides is 2. The third-order valence-electron chi connectivity index (χ3n) is 4.26. The van der Waals surface area contributed by atoms with Crippen LogP contribution in [0.1, 0.15) is 0 Å². The first-order valence-electron chi connectivity index (χ1n) is 9.26. The predicted octanol–water partition coefficient (Wildman–Crippen LogP) is 3.03. The summed E-state index contributed by atoms with van der Waals surface area (Å²) in [6, 6.07) is 18.6. The van der Waals surface area contributed by atoms with E-state index in [-0.39, 0.29) is 16.3 Å². The average Bonchev–Trinajstić information content (AvgIpc) is 2.72. The van der Waals surface area contributed by atoms with Crippen LogP contribution in [0.2, 0.25) is 0 Å². The van der Waals surface area contributed by atoms with Crippen LogP contribution in [0, 0.1) is 5.82 Å². The summed E-state index contributed by atoms with van der Waals surface area (Å²) < 4.78 is 65.8. The van der Waals surface area contributed by atoms with Crippen molar-refractivity contribution in [2.24, 2.45) is 0 Å². The number of anilines is 3. The molecule has 0 fully saturated rings. The predicted molar refractivity (Wildman–Crippen MR) is 121 cm³/mol. The van der Waals surface area contributed by atoms with Gasteiger partial charge in [-0.3, -0.25) is 13.8 Å². The summed E-state index contributed by atoms with van der Waals surface area (Å²) in [5, 5.41) is 2.50. The Labute approximate surface area is 185 Å². The zero-order valence-electron chi connectivity index (χ0n) is 16.9. The van der Waals surface area contributed by atoms with Gasteiger partial charge in [0.15, 0.2) is 0 Å². The van der Waals surface area contributed by atoms with Gasteiger partial charge >= 0.3 is 0 Å². The van der Waals surface area contributed by atoms with Gasteiger partial charge in [-0.25, -0.2) is 21.2 Å². The molecule has 0 aromatic heterocycles. The number of para-hydroxylation sites is 1. The van der Waals surface area contributed by atoms with Gasteiger partial charge in [-0.2, -0.15) is 0 Å². The number of nitrogens with zero attached hydrogens (tertiary/aromatic N) is 1. The molecule has 3 aromatic rings. The van der Waals surface area contributed by atoms with E-state index in [4.69, 9.17) is 0 Å². The molecule has 32 heavy (non-hydrogen) atoms. The largest absolute Gasteiger partial charge is 0.325 e. The zero-order valence-corrected chi connectivity index (χ0v) is 18.5. The van der Waals surface area contributed by atoms with Crippen LogP contribution in [0.15, 0.2) is 83.8 Å². The number of hydrogen-bond acceptors (Lipinski definition) is 5. The molecule has 11 heteroatoms. The van der Waals surface area contributed by atoms with Crippen LogP contribution in [0.25, 0.3) is 0 Å². The maximum Gasteiger partial charge on any atom is 0.261 e. The maximum absolute atomic E-state index is 13.5. The first-order valence-corrected chi connectivity index (χ1v) is 12.6. The molecule has 0 bridgehead atoms. The maximum atomic E-state index is 13.5. The van der Waals surface area contributed by atoms with Crippen LogP contribution in [0.5, 0.6) is 0 Å². The summed E-state index contributed by atoms with van der Waals surface area (Å²) in [7, 11) is -7.68. The van der Waals surface area contributed by atoms with Crippen molar-refractivity contribution < 1.29 is 26.0 Å². The van der Waals surface area contributed by atoms with E-state index in [1.54, 1.807) is 30.3 Å².